The highest BCUT2D eigenvalue weighted by Gasteiger charge is 2.43. The van der Waals surface area contributed by atoms with E-state index >= 15 is 0 Å². The van der Waals surface area contributed by atoms with Crippen LogP contribution in [0, 0.1) is 11.8 Å². The Balaban J connectivity index is 1.50. The molecule has 182 valence electrons. The maximum Gasteiger partial charge on any atom is 0.255 e. The zero-order valence-electron chi connectivity index (χ0n) is 20.5. The third-order valence-corrected chi connectivity index (χ3v) is 7.73. The number of benzene rings is 2. The summed E-state index contributed by atoms with van der Waals surface area (Å²) in [4.78, 5) is 20.9. The van der Waals surface area contributed by atoms with E-state index in [4.69, 9.17) is 4.74 Å². The van der Waals surface area contributed by atoms with Crippen molar-refractivity contribution in [3.05, 3.63) is 84.6 Å². The first-order valence-corrected chi connectivity index (χ1v) is 12.9. The lowest BCUT2D eigenvalue weighted by atomic mass is 9.73. The first-order valence-electron chi connectivity index (χ1n) is 12.9. The number of para-hydroxylation sites is 2. The van der Waals surface area contributed by atoms with Gasteiger partial charge < -0.3 is 10.1 Å². The molecular formula is C30H35N3O2. The molecule has 3 aliphatic rings. The first-order chi connectivity index (χ1) is 17.2. The fourth-order valence-corrected chi connectivity index (χ4v) is 5.82. The number of fused-ring (bicyclic) bond motifs is 4. The second-order valence-corrected chi connectivity index (χ2v) is 9.81. The molecule has 2 aromatic carbocycles. The van der Waals surface area contributed by atoms with Gasteiger partial charge in [-0.15, -0.1) is 6.58 Å². The SMILES string of the molecule is C=C[C@H]1CN2CC[C@H]1C[C@@H]2[C@H](NC(=O)c1ccccc1OCCCC)c1ccnc2ccccc12. The van der Waals surface area contributed by atoms with Crippen molar-refractivity contribution >= 4 is 16.8 Å². The summed E-state index contributed by atoms with van der Waals surface area (Å²) in [5, 5.41) is 4.54. The summed E-state index contributed by atoms with van der Waals surface area (Å²) < 4.78 is 5.99. The molecule has 3 aliphatic heterocycles. The number of aromatic nitrogens is 1. The number of rotatable bonds is 9. The summed E-state index contributed by atoms with van der Waals surface area (Å²) in [7, 11) is 0. The van der Waals surface area contributed by atoms with Crippen LogP contribution >= 0.6 is 0 Å². The summed E-state index contributed by atoms with van der Waals surface area (Å²) in [6.07, 6.45) is 8.24. The fraction of sp³-hybridized carbons (Fsp3) is 0.400. The minimum Gasteiger partial charge on any atom is -0.493 e. The number of nitrogens with zero attached hydrogens (tertiary/aromatic N) is 2. The molecule has 5 atom stereocenters. The van der Waals surface area contributed by atoms with E-state index in [0.29, 0.717) is 29.8 Å². The van der Waals surface area contributed by atoms with Crippen molar-refractivity contribution in [3.63, 3.8) is 0 Å². The Bertz CT molecular complexity index is 1190. The van der Waals surface area contributed by atoms with Gasteiger partial charge in [0, 0.05) is 24.2 Å². The zero-order chi connectivity index (χ0) is 24.2. The van der Waals surface area contributed by atoms with Crippen molar-refractivity contribution in [1.82, 2.24) is 15.2 Å². The van der Waals surface area contributed by atoms with Gasteiger partial charge in [0.15, 0.2) is 0 Å². The highest BCUT2D eigenvalue weighted by molar-refractivity contribution is 5.97. The molecule has 3 saturated heterocycles. The smallest absolute Gasteiger partial charge is 0.255 e. The van der Waals surface area contributed by atoms with Crippen molar-refractivity contribution in [2.24, 2.45) is 11.8 Å². The van der Waals surface area contributed by atoms with Crippen molar-refractivity contribution < 1.29 is 9.53 Å². The summed E-state index contributed by atoms with van der Waals surface area (Å²) in [5.74, 6) is 1.69. The molecular weight excluding hydrogens is 434 g/mol. The number of nitrogens with one attached hydrogen (secondary N) is 1. The van der Waals surface area contributed by atoms with Crippen LogP contribution in [0.4, 0.5) is 0 Å². The Morgan fingerprint density at radius 2 is 2.06 bits per heavy atom. The highest BCUT2D eigenvalue weighted by Crippen LogP contribution is 2.42. The number of amides is 1. The molecule has 0 saturated carbocycles. The summed E-state index contributed by atoms with van der Waals surface area (Å²) >= 11 is 0. The van der Waals surface area contributed by atoms with Gasteiger partial charge in [0.1, 0.15) is 5.75 Å². The van der Waals surface area contributed by atoms with Crippen molar-refractivity contribution in [3.8, 4) is 5.75 Å². The molecule has 2 bridgehead atoms. The number of ether oxygens (including phenoxy) is 1. The maximum absolute atomic E-state index is 13.7. The normalized spacial score (nSPS) is 24.1. The molecule has 35 heavy (non-hydrogen) atoms. The average molecular weight is 470 g/mol. The van der Waals surface area contributed by atoms with E-state index in [1.54, 1.807) is 0 Å². The van der Waals surface area contributed by atoms with E-state index in [1.807, 2.05) is 48.7 Å². The zero-order valence-corrected chi connectivity index (χ0v) is 20.5. The van der Waals surface area contributed by atoms with Gasteiger partial charge in [-0.2, -0.15) is 0 Å². The van der Waals surface area contributed by atoms with Gasteiger partial charge >= 0.3 is 0 Å². The second kappa shape index (κ2) is 10.6. The van der Waals surface area contributed by atoms with Crippen molar-refractivity contribution in [2.75, 3.05) is 19.7 Å². The number of unbranched alkanes of at least 4 members (excludes halogenated alkanes) is 1. The molecule has 0 aliphatic carbocycles. The predicted molar refractivity (Wildman–Crippen MR) is 141 cm³/mol. The third-order valence-electron chi connectivity index (χ3n) is 7.73. The molecule has 0 spiro atoms. The van der Waals surface area contributed by atoms with E-state index in [-0.39, 0.29) is 18.0 Å². The van der Waals surface area contributed by atoms with Crippen LogP contribution in [-0.2, 0) is 0 Å². The molecule has 5 heteroatoms. The number of hydrogen-bond donors (Lipinski definition) is 1. The molecule has 1 aromatic heterocycles. The Morgan fingerprint density at radius 1 is 1.23 bits per heavy atom. The van der Waals surface area contributed by atoms with Crippen LogP contribution in [0.1, 0.15) is 54.6 Å². The molecule has 3 fully saturated rings. The Kier molecular flexibility index (Phi) is 7.14. The Labute approximate surface area is 208 Å². The van der Waals surface area contributed by atoms with Crippen LogP contribution in [0.2, 0.25) is 0 Å². The number of piperidine rings is 3. The van der Waals surface area contributed by atoms with Crippen molar-refractivity contribution in [2.45, 2.75) is 44.7 Å². The average Bonchev–Trinajstić information content (AvgIpc) is 2.92. The molecule has 1 N–H and O–H groups in total. The minimum atomic E-state index is -0.146. The Hall–Kier alpha value is -3.18. The second-order valence-electron chi connectivity index (χ2n) is 9.81. The quantitative estimate of drug-likeness (QED) is 0.319. The van der Waals surface area contributed by atoms with Gasteiger partial charge in [0.25, 0.3) is 5.91 Å². The fourth-order valence-electron chi connectivity index (χ4n) is 5.82. The van der Waals surface area contributed by atoms with E-state index in [2.05, 4.69) is 46.9 Å². The number of pyridine rings is 1. The lowest BCUT2D eigenvalue weighted by molar-refractivity contribution is 0.00168. The molecule has 6 rings (SSSR count). The summed E-state index contributed by atoms with van der Waals surface area (Å²) in [6.45, 7) is 8.89. The monoisotopic (exact) mass is 469 g/mol. The highest BCUT2D eigenvalue weighted by atomic mass is 16.5. The summed E-state index contributed by atoms with van der Waals surface area (Å²) in [6, 6.07) is 17.9. The van der Waals surface area contributed by atoms with Gasteiger partial charge in [-0.05, 0) is 67.5 Å². The number of carbonyl (C=O) groups is 1. The van der Waals surface area contributed by atoms with Crippen LogP contribution in [0.25, 0.3) is 10.9 Å². The van der Waals surface area contributed by atoms with E-state index < -0.39 is 0 Å². The maximum atomic E-state index is 13.7. The van der Waals surface area contributed by atoms with Gasteiger partial charge in [0.2, 0.25) is 0 Å². The molecule has 1 amide bonds. The van der Waals surface area contributed by atoms with Crippen LogP contribution in [-0.4, -0.2) is 41.5 Å². The molecule has 3 aromatic rings. The molecule has 5 nitrogen and oxygen atoms in total. The van der Waals surface area contributed by atoms with Crippen LogP contribution in [0.3, 0.4) is 0 Å². The van der Waals surface area contributed by atoms with Gasteiger partial charge in [-0.25, -0.2) is 0 Å². The van der Waals surface area contributed by atoms with Crippen LogP contribution < -0.4 is 10.1 Å². The molecule has 0 radical (unpaired) electrons. The van der Waals surface area contributed by atoms with Crippen molar-refractivity contribution in [1.29, 1.82) is 0 Å². The predicted octanol–water partition coefficient (Wildman–Crippen LogP) is 5.78. The lowest BCUT2D eigenvalue weighted by Crippen LogP contribution is -2.57. The molecule has 4 heterocycles. The van der Waals surface area contributed by atoms with Crippen LogP contribution in [0.15, 0.2) is 73.4 Å². The van der Waals surface area contributed by atoms with Crippen LogP contribution in [0.5, 0.6) is 5.75 Å². The van der Waals surface area contributed by atoms with Gasteiger partial charge in [0.05, 0.1) is 23.7 Å². The first kappa shape index (κ1) is 23.6. The molecule has 1 unspecified atom stereocenters. The van der Waals surface area contributed by atoms with Gasteiger partial charge in [-0.3, -0.25) is 14.7 Å². The van der Waals surface area contributed by atoms with E-state index in [1.165, 1.54) is 6.42 Å². The van der Waals surface area contributed by atoms with Gasteiger partial charge in [-0.1, -0.05) is 49.8 Å². The van der Waals surface area contributed by atoms with E-state index in [0.717, 1.165) is 48.8 Å². The summed E-state index contributed by atoms with van der Waals surface area (Å²) in [5.41, 5.74) is 2.67. The third kappa shape index (κ3) is 4.83. The number of hydrogen-bond acceptors (Lipinski definition) is 4. The lowest BCUT2D eigenvalue weighted by Gasteiger charge is -2.51. The minimum absolute atomic E-state index is 0.0918. The van der Waals surface area contributed by atoms with E-state index in [9.17, 15) is 4.79 Å². The standard InChI is InChI=1S/C30H35N3O2/c1-3-5-18-35-28-13-9-7-11-25(28)30(34)32-29(24-14-16-31-26-12-8-6-10-23(24)26)27-19-22-15-17-33(27)20-21(22)4-2/h4,6-14,16,21-22,27,29H,2-3,5,15,17-20H2,1H3,(H,32,34)/t21-,22-,27+,29+/m0/s1. The Morgan fingerprint density at radius 3 is 2.86 bits per heavy atom. The largest absolute Gasteiger partial charge is 0.493 e. The topological polar surface area (TPSA) is 54.5 Å². The number of carbonyl (C=O) groups excluding carboxylic acids is 1.